The van der Waals surface area contributed by atoms with E-state index >= 15 is 0 Å². The van der Waals surface area contributed by atoms with Crippen molar-refractivity contribution in [1.29, 1.82) is 0 Å². The van der Waals surface area contributed by atoms with Gasteiger partial charge in [0, 0.05) is 13.1 Å². The number of sulfonamides is 1. The minimum absolute atomic E-state index is 0.132. The Hall–Kier alpha value is -1.36. The Bertz CT molecular complexity index is 612. The summed E-state index contributed by atoms with van der Waals surface area (Å²) in [7, 11) is -3.84. The molecule has 10 heteroatoms. The molecule has 2 rings (SSSR count). The highest BCUT2D eigenvalue weighted by atomic mass is 32.2. The zero-order valence-electron chi connectivity index (χ0n) is 12.2. The molecule has 0 atom stereocenters. The Morgan fingerprint density at radius 3 is 2.26 bits per heavy atom. The fourth-order valence-corrected chi connectivity index (χ4v) is 3.43. The van der Waals surface area contributed by atoms with Gasteiger partial charge in [0.05, 0.1) is 4.90 Å². The Morgan fingerprint density at radius 1 is 1.22 bits per heavy atom. The number of hydrazine groups is 1. The van der Waals surface area contributed by atoms with E-state index < -0.39 is 22.1 Å². The summed E-state index contributed by atoms with van der Waals surface area (Å²) in [5.74, 6) is -0.0882. The summed E-state index contributed by atoms with van der Waals surface area (Å²) in [6, 6.07) is 4.05. The molecule has 0 amide bonds. The van der Waals surface area contributed by atoms with Crippen LogP contribution in [0.5, 0.6) is 5.75 Å². The summed E-state index contributed by atoms with van der Waals surface area (Å²) in [5, 5.41) is 1.57. The highest BCUT2D eigenvalue weighted by Gasteiger charge is 2.31. The lowest BCUT2D eigenvalue weighted by atomic mass is 9.98. The highest BCUT2D eigenvalue weighted by Crippen LogP contribution is 2.24. The van der Waals surface area contributed by atoms with Crippen LogP contribution < -0.4 is 15.3 Å². The first-order chi connectivity index (χ1) is 10.7. The minimum atomic E-state index is -4.81. The SMILES string of the molecule is NCC1CCN(NS(=O)(=O)c2ccc(OC(F)(F)F)cc2)CC1. The summed E-state index contributed by atoms with van der Waals surface area (Å²) >= 11 is 0. The van der Waals surface area contributed by atoms with E-state index in [-0.39, 0.29) is 4.90 Å². The van der Waals surface area contributed by atoms with Gasteiger partial charge in [-0.15, -0.1) is 18.0 Å². The summed E-state index contributed by atoms with van der Waals surface area (Å²) in [6.07, 6.45) is -3.24. The minimum Gasteiger partial charge on any atom is -0.406 e. The molecule has 23 heavy (non-hydrogen) atoms. The van der Waals surface area contributed by atoms with E-state index in [2.05, 4.69) is 9.57 Å². The molecule has 1 aliphatic rings. The molecule has 0 unspecified atom stereocenters. The molecule has 0 saturated carbocycles. The van der Waals surface area contributed by atoms with E-state index in [4.69, 9.17) is 5.73 Å². The number of piperidine rings is 1. The van der Waals surface area contributed by atoms with E-state index in [1.54, 1.807) is 5.01 Å². The Kier molecular flexibility index (Phi) is 5.50. The number of hydrogen-bond donors (Lipinski definition) is 2. The van der Waals surface area contributed by atoms with Crippen molar-refractivity contribution in [1.82, 2.24) is 9.84 Å². The van der Waals surface area contributed by atoms with Gasteiger partial charge in [-0.1, -0.05) is 0 Å². The highest BCUT2D eigenvalue weighted by molar-refractivity contribution is 7.89. The number of benzene rings is 1. The van der Waals surface area contributed by atoms with Gasteiger partial charge in [0.1, 0.15) is 5.75 Å². The molecule has 6 nitrogen and oxygen atoms in total. The molecular weight excluding hydrogens is 335 g/mol. The molecule has 1 fully saturated rings. The summed E-state index contributed by atoms with van der Waals surface area (Å²) in [4.78, 5) is 2.29. The van der Waals surface area contributed by atoms with Crippen molar-refractivity contribution in [2.75, 3.05) is 19.6 Å². The summed E-state index contributed by atoms with van der Waals surface area (Å²) in [5.41, 5.74) is 5.58. The van der Waals surface area contributed by atoms with Crippen LogP contribution in [-0.2, 0) is 10.0 Å². The lowest BCUT2D eigenvalue weighted by Crippen LogP contribution is -2.47. The first kappa shape index (κ1) is 18.0. The number of alkyl halides is 3. The fraction of sp³-hybridized carbons (Fsp3) is 0.538. The van der Waals surface area contributed by atoms with E-state index in [0.29, 0.717) is 25.6 Å². The third kappa shape index (κ3) is 5.34. The Balaban J connectivity index is 1.99. The molecule has 3 N–H and O–H groups in total. The topological polar surface area (TPSA) is 84.7 Å². The summed E-state index contributed by atoms with van der Waals surface area (Å²) in [6.45, 7) is 1.65. The molecule has 1 aromatic rings. The van der Waals surface area contributed by atoms with Crippen molar-refractivity contribution < 1.29 is 26.3 Å². The number of nitrogens with two attached hydrogens (primary N) is 1. The van der Waals surface area contributed by atoms with Gasteiger partial charge in [0.25, 0.3) is 10.0 Å². The van der Waals surface area contributed by atoms with E-state index in [1.807, 2.05) is 0 Å². The van der Waals surface area contributed by atoms with E-state index in [0.717, 1.165) is 37.1 Å². The van der Waals surface area contributed by atoms with Gasteiger partial charge in [-0.3, -0.25) is 0 Å². The molecule has 130 valence electrons. The van der Waals surface area contributed by atoms with Crippen LogP contribution in [0.4, 0.5) is 13.2 Å². The Morgan fingerprint density at radius 2 is 1.78 bits per heavy atom. The van der Waals surface area contributed by atoms with Gasteiger partial charge in [-0.25, -0.2) is 13.4 Å². The molecule has 1 aromatic carbocycles. The number of halogens is 3. The molecule has 1 heterocycles. The van der Waals surface area contributed by atoms with Gasteiger partial charge >= 0.3 is 6.36 Å². The maximum atomic E-state index is 12.2. The molecule has 1 saturated heterocycles. The van der Waals surface area contributed by atoms with Crippen molar-refractivity contribution in [3.63, 3.8) is 0 Å². The largest absolute Gasteiger partial charge is 0.573 e. The maximum absolute atomic E-state index is 12.2. The third-order valence-corrected chi connectivity index (χ3v) is 4.96. The number of rotatable bonds is 5. The predicted octanol–water partition coefficient (Wildman–Crippen LogP) is 1.45. The molecule has 0 spiro atoms. The van der Waals surface area contributed by atoms with Gasteiger partial charge < -0.3 is 10.5 Å². The first-order valence-corrected chi connectivity index (χ1v) is 8.51. The lowest BCUT2D eigenvalue weighted by Gasteiger charge is -2.31. The zero-order chi connectivity index (χ0) is 17.1. The quantitative estimate of drug-likeness (QED) is 0.837. The van der Waals surface area contributed by atoms with Gasteiger partial charge in [0.15, 0.2) is 0 Å². The van der Waals surface area contributed by atoms with Gasteiger partial charge in [0.2, 0.25) is 0 Å². The van der Waals surface area contributed by atoms with Crippen molar-refractivity contribution in [3.05, 3.63) is 24.3 Å². The number of nitrogens with one attached hydrogen (secondary N) is 1. The molecule has 0 aromatic heterocycles. The van der Waals surface area contributed by atoms with Crippen molar-refractivity contribution in [2.24, 2.45) is 11.7 Å². The van der Waals surface area contributed by atoms with Crippen LogP contribution in [0.3, 0.4) is 0 Å². The average molecular weight is 353 g/mol. The first-order valence-electron chi connectivity index (χ1n) is 7.03. The monoisotopic (exact) mass is 353 g/mol. The van der Waals surface area contributed by atoms with Crippen LogP contribution in [0, 0.1) is 5.92 Å². The zero-order valence-corrected chi connectivity index (χ0v) is 13.0. The standard InChI is InChI=1S/C13H18F3N3O3S/c14-13(15,16)22-11-1-3-12(4-2-11)23(20,21)18-19-7-5-10(9-17)6-8-19/h1-4,10,18H,5-9,17H2. The number of ether oxygens (including phenoxy) is 1. The second kappa shape index (κ2) is 7.04. The van der Waals surface area contributed by atoms with Crippen molar-refractivity contribution in [2.45, 2.75) is 24.1 Å². The summed E-state index contributed by atoms with van der Waals surface area (Å²) < 4.78 is 64.4. The molecule has 0 bridgehead atoms. The van der Waals surface area contributed by atoms with Crippen LogP contribution in [0.2, 0.25) is 0 Å². The molecule has 0 aliphatic carbocycles. The van der Waals surface area contributed by atoms with Crippen LogP contribution in [0.25, 0.3) is 0 Å². The van der Waals surface area contributed by atoms with Crippen molar-refractivity contribution >= 4 is 10.0 Å². The Labute approximate surface area is 132 Å². The lowest BCUT2D eigenvalue weighted by molar-refractivity contribution is -0.274. The second-order valence-corrected chi connectivity index (χ2v) is 6.94. The smallest absolute Gasteiger partial charge is 0.406 e. The third-order valence-electron chi connectivity index (χ3n) is 3.56. The second-order valence-electron chi connectivity index (χ2n) is 5.28. The van der Waals surface area contributed by atoms with Crippen LogP contribution in [0.15, 0.2) is 29.2 Å². The van der Waals surface area contributed by atoms with E-state index in [9.17, 15) is 21.6 Å². The maximum Gasteiger partial charge on any atom is 0.573 e. The fourth-order valence-electron chi connectivity index (χ4n) is 2.30. The van der Waals surface area contributed by atoms with Crippen LogP contribution in [0.1, 0.15) is 12.8 Å². The molecule has 0 radical (unpaired) electrons. The van der Waals surface area contributed by atoms with E-state index in [1.165, 1.54) is 0 Å². The average Bonchev–Trinajstić information content (AvgIpc) is 2.46. The van der Waals surface area contributed by atoms with Gasteiger partial charge in [-0.05, 0) is 49.6 Å². The number of hydrogen-bond acceptors (Lipinski definition) is 5. The van der Waals surface area contributed by atoms with Crippen molar-refractivity contribution in [3.8, 4) is 5.75 Å². The molecular formula is C13H18F3N3O3S. The van der Waals surface area contributed by atoms with Gasteiger partial charge in [-0.2, -0.15) is 0 Å². The number of nitrogens with zero attached hydrogens (tertiary/aromatic N) is 1. The van der Waals surface area contributed by atoms with Crippen LogP contribution >= 0.6 is 0 Å². The normalized spacial score (nSPS) is 18.1. The van der Waals surface area contributed by atoms with Crippen LogP contribution in [-0.4, -0.2) is 39.4 Å². The molecule has 1 aliphatic heterocycles. The predicted molar refractivity (Wildman–Crippen MR) is 76.8 cm³/mol.